The summed E-state index contributed by atoms with van der Waals surface area (Å²) in [4.78, 5) is 19.3. The molecule has 1 saturated carbocycles. The summed E-state index contributed by atoms with van der Waals surface area (Å²) in [7, 11) is 0. The fourth-order valence-electron chi connectivity index (χ4n) is 1.20. The molecule has 0 bridgehead atoms. The van der Waals surface area contributed by atoms with E-state index in [1.165, 1.54) is 6.33 Å². The zero-order chi connectivity index (χ0) is 10.1. The molecule has 2 rings (SSSR count). The molecule has 5 heteroatoms. The Morgan fingerprint density at radius 3 is 2.93 bits per heavy atom. The van der Waals surface area contributed by atoms with E-state index < -0.39 is 0 Å². The molecular formula is C9H12N4O. The smallest absolute Gasteiger partial charge is 0.270 e. The molecule has 1 aliphatic carbocycles. The highest BCUT2D eigenvalue weighted by Crippen LogP contribution is 2.18. The van der Waals surface area contributed by atoms with Crippen molar-refractivity contribution < 1.29 is 4.79 Å². The second-order valence-corrected chi connectivity index (χ2v) is 3.52. The number of amides is 1. The Morgan fingerprint density at radius 2 is 2.36 bits per heavy atom. The van der Waals surface area contributed by atoms with Gasteiger partial charge in [0.25, 0.3) is 5.91 Å². The lowest BCUT2D eigenvalue weighted by Gasteiger charge is -2.02. The Labute approximate surface area is 81.7 Å². The maximum Gasteiger partial charge on any atom is 0.270 e. The van der Waals surface area contributed by atoms with Gasteiger partial charge in [0.1, 0.15) is 12.0 Å². The Balaban J connectivity index is 2.03. The topological polar surface area (TPSA) is 80.9 Å². The van der Waals surface area contributed by atoms with Crippen LogP contribution < -0.4 is 11.1 Å². The molecular weight excluding hydrogens is 180 g/mol. The monoisotopic (exact) mass is 192 g/mol. The number of nitrogens with zero attached hydrogens (tertiary/aromatic N) is 2. The van der Waals surface area contributed by atoms with E-state index >= 15 is 0 Å². The van der Waals surface area contributed by atoms with Crippen LogP contribution in [0.2, 0.25) is 0 Å². The van der Waals surface area contributed by atoms with Crippen molar-refractivity contribution in [2.75, 3.05) is 0 Å². The standard InChI is InChI=1S/C9H12N4O/c1-5-2-8(12-4-11-5)9(14)13-7-3-6(7)10/h2,4,6-7H,3,10H2,1H3,(H,13,14). The van der Waals surface area contributed by atoms with Gasteiger partial charge in [-0.15, -0.1) is 0 Å². The summed E-state index contributed by atoms with van der Waals surface area (Å²) in [5, 5.41) is 2.79. The molecule has 14 heavy (non-hydrogen) atoms. The first kappa shape index (κ1) is 9.08. The minimum absolute atomic E-state index is 0.113. The van der Waals surface area contributed by atoms with E-state index in [9.17, 15) is 4.79 Å². The molecule has 1 fully saturated rings. The molecule has 5 nitrogen and oxygen atoms in total. The minimum Gasteiger partial charge on any atom is -0.346 e. The Bertz CT molecular complexity index is 366. The van der Waals surface area contributed by atoms with E-state index in [1.807, 2.05) is 6.92 Å². The van der Waals surface area contributed by atoms with Crippen molar-refractivity contribution in [3.63, 3.8) is 0 Å². The summed E-state index contributed by atoms with van der Waals surface area (Å²) in [5.74, 6) is -0.173. The molecule has 0 aromatic carbocycles. The second-order valence-electron chi connectivity index (χ2n) is 3.52. The predicted molar refractivity (Wildman–Crippen MR) is 50.6 cm³/mol. The molecule has 1 aromatic rings. The zero-order valence-corrected chi connectivity index (χ0v) is 7.90. The summed E-state index contributed by atoms with van der Waals surface area (Å²) >= 11 is 0. The predicted octanol–water partition coefficient (Wildman–Crippen LogP) is -0.386. The molecule has 0 spiro atoms. The van der Waals surface area contributed by atoms with Crippen molar-refractivity contribution in [3.8, 4) is 0 Å². The van der Waals surface area contributed by atoms with Gasteiger partial charge in [-0.3, -0.25) is 4.79 Å². The van der Waals surface area contributed by atoms with Crippen molar-refractivity contribution in [2.45, 2.75) is 25.4 Å². The second kappa shape index (κ2) is 3.34. The van der Waals surface area contributed by atoms with Crippen molar-refractivity contribution in [3.05, 3.63) is 23.8 Å². The molecule has 1 heterocycles. The van der Waals surface area contributed by atoms with Crippen LogP contribution in [0.4, 0.5) is 0 Å². The Morgan fingerprint density at radius 1 is 1.64 bits per heavy atom. The number of carbonyl (C=O) groups is 1. The summed E-state index contributed by atoms with van der Waals surface area (Å²) in [6, 6.07) is 1.89. The van der Waals surface area contributed by atoms with Crippen LogP contribution in [0.25, 0.3) is 0 Å². The third-order valence-electron chi connectivity index (χ3n) is 2.19. The molecule has 2 unspecified atom stereocenters. The molecule has 2 atom stereocenters. The Kier molecular flexibility index (Phi) is 2.17. The first-order chi connectivity index (χ1) is 6.66. The van der Waals surface area contributed by atoms with Crippen LogP contribution in [0.15, 0.2) is 12.4 Å². The van der Waals surface area contributed by atoms with Gasteiger partial charge in [0, 0.05) is 17.8 Å². The lowest BCUT2D eigenvalue weighted by molar-refractivity contribution is 0.0945. The number of carbonyl (C=O) groups excluding carboxylic acids is 1. The molecule has 1 aromatic heterocycles. The fourth-order valence-corrected chi connectivity index (χ4v) is 1.20. The fraction of sp³-hybridized carbons (Fsp3) is 0.444. The van der Waals surface area contributed by atoms with Gasteiger partial charge in [-0.2, -0.15) is 0 Å². The van der Waals surface area contributed by atoms with Crippen LogP contribution in [0.5, 0.6) is 0 Å². The highest BCUT2D eigenvalue weighted by molar-refractivity contribution is 5.92. The average Bonchev–Trinajstić information content (AvgIpc) is 2.81. The number of rotatable bonds is 2. The summed E-state index contributed by atoms with van der Waals surface area (Å²) in [6.07, 6.45) is 2.24. The molecule has 0 aliphatic heterocycles. The van der Waals surface area contributed by atoms with Crippen molar-refractivity contribution in [2.24, 2.45) is 5.73 Å². The van der Waals surface area contributed by atoms with Crippen LogP contribution in [0, 0.1) is 6.92 Å². The number of hydrogen-bond donors (Lipinski definition) is 2. The lowest BCUT2D eigenvalue weighted by Crippen LogP contribution is -2.30. The third kappa shape index (κ3) is 1.88. The first-order valence-corrected chi connectivity index (χ1v) is 4.52. The van der Waals surface area contributed by atoms with Crippen LogP contribution >= 0.6 is 0 Å². The molecule has 0 saturated heterocycles. The van der Waals surface area contributed by atoms with E-state index in [0.717, 1.165) is 12.1 Å². The molecule has 3 N–H and O–H groups in total. The van der Waals surface area contributed by atoms with Gasteiger partial charge >= 0.3 is 0 Å². The SMILES string of the molecule is Cc1cc(C(=O)NC2CC2N)ncn1. The van der Waals surface area contributed by atoms with Crippen LogP contribution in [-0.4, -0.2) is 28.0 Å². The lowest BCUT2D eigenvalue weighted by atomic mass is 10.3. The largest absolute Gasteiger partial charge is 0.346 e. The van der Waals surface area contributed by atoms with Gasteiger partial charge < -0.3 is 11.1 Å². The number of aryl methyl sites for hydroxylation is 1. The van der Waals surface area contributed by atoms with Crippen molar-refractivity contribution in [1.29, 1.82) is 0 Å². The van der Waals surface area contributed by atoms with E-state index in [0.29, 0.717) is 5.69 Å². The van der Waals surface area contributed by atoms with E-state index in [1.54, 1.807) is 6.07 Å². The summed E-state index contributed by atoms with van der Waals surface area (Å²) < 4.78 is 0. The number of nitrogens with one attached hydrogen (secondary N) is 1. The van der Waals surface area contributed by atoms with Gasteiger partial charge in [0.05, 0.1) is 0 Å². The van der Waals surface area contributed by atoms with Gasteiger partial charge in [0.15, 0.2) is 0 Å². The maximum atomic E-state index is 11.5. The molecule has 0 radical (unpaired) electrons. The van der Waals surface area contributed by atoms with E-state index in [-0.39, 0.29) is 18.0 Å². The van der Waals surface area contributed by atoms with E-state index in [4.69, 9.17) is 5.73 Å². The normalized spacial score (nSPS) is 24.4. The highest BCUT2D eigenvalue weighted by atomic mass is 16.2. The van der Waals surface area contributed by atoms with Gasteiger partial charge in [0.2, 0.25) is 0 Å². The van der Waals surface area contributed by atoms with Crippen LogP contribution in [0.3, 0.4) is 0 Å². The minimum atomic E-state index is -0.173. The van der Waals surface area contributed by atoms with Gasteiger partial charge in [-0.1, -0.05) is 0 Å². The first-order valence-electron chi connectivity index (χ1n) is 4.52. The summed E-state index contributed by atoms with van der Waals surface area (Å²) in [6.45, 7) is 1.82. The molecule has 1 aliphatic rings. The number of hydrogen-bond acceptors (Lipinski definition) is 4. The average molecular weight is 192 g/mol. The Hall–Kier alpha value is -1.49. The number of aromatic nitrogens is 2. The van der Waals surface area contributed by atoms with Crippen LogP contribution in [-0.2, 0) is 0 Å². The van der Waals surface area contributed by atoms with E-state index in [2.05, 4.69) is 15.3 Å². The third-order valence-corrected chi connectivity index (χ3v) is 2.19. The highest BCUT2D eigenvalue weighted by Gasteiger charge is 2.35. The van der Waals surface area contributed by atoms with Gasteiger partial charge in [-0.25, -0.2) is 9.97 Å². The van der Waals surface area contributed by atoms with Gasteiger partial charge in [-0.05, 0) is 19.4 Å². The molecule has 74 valence electrons. The molecule has 1 amide bonds. The van der Waals surface area contributed by atoms with Crippen molar-refractivity contribution >= 4 is 5.91 Å². The zero-order valence-electron chi connectivity index (χ0n) is 7.90. The summed E-state index contributed by atoms with van der Waals surface area (Å²) in [5.41, 5.74) is 6.76. The van der Waals surface area contributed by atoms with Crippen LogP contribution in [0.1, 0.15) is 22.6 Å². The quantitative estimate of drug-likeness (QED) is 0.669. The number of nitrogens with two attached hydrogens (primary N) is 1. The van der Waals surface area contributed by atoms with Crippen molar-refractivity contribution in [1.82, 2.24) is 15.3 Å². The maximum absolute atomic E-state index is 11.5.